The van der Waals surface area contributed by atoms with Gasteiger partial charge in [0.05, 0.1) is 6.20 Å². The Hall–Kier alpha value is -1.48. The van der Waals surface area contributed by atoms with Crippen LogP contribution in [0.4, 0.5) is 0 Å². The molecular formula is C7H8N4OS. The van der Waals surface area contributed by atoms with Crippen LogP contribution in [0.3, 0.4) is 0 Å². The van der Waals surface area contributed by atoms with Gasteiger partial charge in [0.1, 0.15) is 6.54 Å². The maximum atomic E-state index is 8.33. The van der Waals surface area contributed by atoms with Gasteiger partial charge in [0.15, 0.2) is 17.1 Å². The van der Waals surface area contributed by atoms with Gasteiger partial charge in [-0.05, 0) is 6.26 Å². The zero-order chi connectivity index (χ0) is 9.52. The van der Waals surface area contributed by atoms with Crippen molar-refractivity contribution in [2.45, 2.75) is 6.54 Å². The molecule has 0 amide bonds. The third kappa shape index (κ3) is 3.17. The molecule has 1 aromatic rings. The fourth-order valence-corrected chi connectivity index (χ4v) is 1.02. The summed E-state index contributed by atoms with van der Waals surface area (Å²) in [5.74, 6) is 0.672. The maximum absolute atomic E-state index is 8.33. The minimum atomic E-state index is 0.394. The van der Waals surface area contributed by atoms with Crippen LogP contribution >= 0.6 is 11.8 Å². The van der Waals surface area contributed by atoms with Crippen molar-refractivity contribution in [3.05, 3.63) is 18.0 Å². The number of aromatic nitrogens is 1. The quantitative estimate of drug-likeness (QED) is 0.330. The second kappa shape index (κ2) is 5.22. The lowest BCUT2D eigenvalue weighted by Crippen LogP contribution is -2.13. The van der Waals surface area contributed by atoms with E-state index in [9.17, 15) is 0 Å². The summed E-state index contributed by atoms with van der Waals surface area (Å²) in [6, 6.07) is 1.73. The zero-order valence-electron chi connectivity index (χ0n) is 7.02. The highest BCUT2D eigenvalue weighted by atomic mass is 32.2. The molecule has 0 fully saturated rings. The Morgan fingerprint density at radius 3 is 3.31 bits per heavy atom. The van der Waals surface area contributed by atoms with Crippen molar-refractivity contribution in [3.63, 3.8) is 0 Å². The number of hydrogen-bond acceptors (Lipinski definition) is 5. The summed E-state index contributed by atoms with van der Waals surface area (Å²) >= 11 is 1.37. The lowest BCUT2D eigenvalue weighted by molar-refractivity contribution is 0.385. The molecule has 0 aromatic carbocycles. The van der Waals surface area contributed by atoms with Crippen LogP contribution in [-0.4, -0.2) is 16.6 Å². The van der Waals surface area contributed by atoms with E-state index in [1.807, 2.05) is 6.26 Å². The van der Waals surface area contributed by atoms with Gasteiger partial charge in [0.25, 0.3) is 0 Å². The summed E-state index contributed by atoms with van der Waals surface area (Å²) in [7, 11) is 0. The van der Waals surface area contributed by atoms with Crippen molar-refractivity contribution in [1.29, 1.82) is 5.26 Å². The first kappa shape index (κ1) is 9.61. The lowest BCUT2D eigenvalue weighted by Gasteiger charge is -1.96. The molecule has 0 aliphatic rings. The van der Waals surface area contributed by atoms with Crippen LogP contribution in [0.25, 0.3) is 0 Å². The third-order valence-corrected chi connectivity index (χ3v) is 1.84. The molecule has 0 unspecified atom stereocenters. The SMILES string of the molecule is CSC(=NCc1ccno1)NC#N. The molecule has 1 N–H and O–H groups in total. The topological polar surface area (TPSA) is 74.2 Å². The van der Waals surface area contributed by atoms with Gasteiger partial charge in [-0.15, -0.1) is 0 Å². The van der Waals surface area contributed by atoms with E-state index < -0.39 is 0 Å². The lowest BCUT2D eigenvalue weighted by atomic mass is 10.5. The fourth-order valence-electron chi connectivity index (χ4n) is 0.676. The molecule has 0 aliphatic carbocycles. The molecule has 0 radical (unpaired) electrons. The Morgan fingerprint density at radius 2 is 2.77 bits per heavy atom. The van der Waals surface area contributed by atoms with E-state index in [-0.39, 0.29) is 0 Å². The zero-order valence-corrected chi connectivity index (χ0v) is 7.84. The van der Waals surface area contributed by atoms with Crippen LogP contribution in [0.15, 0.2) is 21.8 Å². The highest BCUT2D eigenvalue weighted by Crippen LogP contribution is 2.01. The average molecular weight is 196 g/mol. The Balaban J connectivity index is 2.51. The van der Waals surface area contributed by atoms with Crippen LogP contribution in [0, 0.1) is 11.5 Å². The first-order valence-electron chi connectivity index (χ1n) is 3.50. The van der Waals surface area contributed by atoms with E-state index in [1.54, 1.807) is 18.5 Å². The van der Waals surface area contributed by atoms with Crippen molar-refractivity contribution >= 4 is 16.9 Å². The number of nitrogens with one attached hydrogen (secondary N) is 1. The maximum Gasteiger partial charge on any atom is 0.183 e. The average Bonchev–Trinajstić information content (AvgIpc) is 2.64. The van der Waals surface area contributed by atoms with E-state index in [1.165, 1.54) is 11.8 Å². The Morgan fingerprint density at radius 1 is 1.92 bits per heavy atom. The van der Waals surface area contributed by atoms with Gasteiger partial charge in [-0.2, -0.15) is 5.26 Å². The molecule has 0 spiro atoms. The van der Waals surface area contributed by atoms with Gasteiger partial charge in [-0.3, -0.25) is 10.3 Å². The second-order valence-electron chi connectivity index (χ2n) is 2.04. The number of aliphatic imine (C=N–C) groups is 1. The van der Waals surface area contributed by atoms with Gasteiger partial charge >= 0.3 is 0 Å². The van der Waals surface area contributed by atoms with E-state index in [2.05, 4.69) is 15.5 Å². The predicted molar refractivity (Wildman–Crippen MR) is 49.9 cm³/mol. The molecule has 5 nitrogen and oxygen atoms in total. The summed E-state index contributed by atoms with van der Waals surface area (Å²) in [6.45, 7) is 0.394. The molecule has 1 rings (SSSR count). The second-order valence-corrected chi connectivity index (χ2v) is 2.84. The normalized spacial score (nSPS) is 10.9. The standard InChI is InChI=1S/C7H8N4OS/c1-13-7(10-5-8)9-4-6-2-3-11-12-6/h2-3H,4H2,1H3,(H,9,10). The number of thioether (sulfide) groups is 1. The molecule has 13 heavy (non-hydrogen) atoms. The van der Waals surface area contributed by atoms with Crippen LogP contribution in [0.5, 0.6) is 0 Å². The van der Waals surface area contributed by atoms with Crippen LogP contribution in [0.2, 0.25) is 0 Å². The minimum Gasteiger partial charge on any atom is -0.359 e. The summed E-state index contributed by atoms with van der Waals surface area (Å²) in [6.07, 6.45) is 5.19. The molecule has 0 aliphatic heterocycles. The summed E-state index contributed by atoms with van der Waals surface area (Å²) in [5.41, 5.74) is 0. The number of nitriles is 1. The highest BCUT2D eigenvalue weighted by Gasteiger charge is 1.97. The Bertz CT molecular complexity index is 314. The van der Waals surface area contributed by atoms with Crippen molar-refractivity contribution in [1.82, 2.24) is 10.5 Å². The minimum absolute atomic E-state index is 0.394. The van der Waals surface area contributed by atoms with Crippen molar-refractivity contribution in [2.24, 2.45) is 4.99 Å². The van der Waals surface area contributed by atoms with Crippen molar-refractivity contribution in [3.8, 4) is 6.19 Å². The van der Waals surface area contributed by atoms with Crippen LogP contribution < -0.4 is 5.32 Å². The molecule has 1 aromatic heterocycles. The largest absolute Gasteiger partial charge is 0.359 e. The van der Waals surface area contributed by atoms with Gasteiger partial charge in [0, 0.05) is 6.07 Å². The summed E-state index contributed by atoms with van der Waals surface area (Å²) in [5, 5.41) is 14.9. The number of rotatable bonds is 2. The van der Waals surface area contributed by atoms with Gasteiger partial charge in [-0.1, -0.05) is 16.9 Å². The van der Waals surface area contributed by atoms with Gasteiger partial charge in [0.2, 0.25) is 0 Å². The summed E-state index contributed by atoms with van der Waals surface area (Å²) in [4.78, 5) is 4.09. The van der Waals surface area contributed by atoms with E-state index >= 15 is 0 Å². The number of nitrogens with zero attached hydrogens (tertiary/aromatic N) is 3. The van der Waals surface area contributed by atoms with E-state index in [0.29, 0.717) is 17.5 Å². The smallest absolute Gasteiger partial charge is 0.183 e. The first-order valence-corrected chi connectivity index (χ1v) is 4.72. The van der Waals surface area contributed by atoms with E-state index in [4.69, 9.17) is 9.78 Å². The van der Waals surface area contributed by atoms with Crippen molar-refractivity contribution < 1.29 is 4.52 Å². The number of amidine groups is 1. The van der Waals surface area contributed by atoms with Gasteiger partial charge < -0.3 is 4.52 Å². The Labute approximate surface area is 79.8 Å². The van der Waals surface area contributed by atoms with E-state index in [0.717, 1.165) is 0 Å². The summed E-state index contributed by atoms with van der Waals surface area (Å²) < 4.78 is 4.83. The molecule has 0 saturated heterocycles. The molecule has 0 bridgehead atoms. The van der Waals surface area contributed by atoms with Crippen LogP contribution in [0.1, 0.15) is 5.76 Å². The molecule has 1 heterocycles. The monoisotopic (exact) mass is 196 g/mol. The third-order valence-electron chi connectivity index (χ3n) is 1.23. The Kier molecular flexibility index (Phi) is 3.85. The molecule has 0 atom stereocenters. The first-order chi connectivity index (χ1) is 6.36. The number of hydrogen-bond donors (Lipinski definition) is 1. The fraction of sp³-hybridized carbons (Fsp3) is 0.286. The molecule has 0 saturated carbocycles. The highest BCUT2D eigenvalue weighted by molar-refractivity contribution is 8.13. The predicted octanol–water partition coefficient (Wildman–Crippen LogP) is 0.964. The molecule has 68 valence electrons. The van der Waals surface area contributed by atoms with Crippen molar-refractivity contribution in [2.75, 3.05) is 6.26 Å². The molecular weight excluding hydrogens is 188 g/mol. The van der Waals surface area contributed by atoms with Gasteiger partial charge in [-0.25, -0.2) is 0 Å². The molecule has 6 heteroatoms. The van der Waals surface area contributed by atoms with Crippen LogP contribution in [-0.2, 0) is 6.54 Å².